The van der Waals surface area contributed by atoms with Crippen molar-refractivity contribution in [3.8, 4) is 5.75 Å². The zero-order chi connectivity index (χ0) is 12.5. The van der Waals surface area contributed by atoms with Crippen molar-refractivity contribution in [3.63, 3.8) is 0 Å². The number of nitrogens with one attached hydrogen (secondary N) is 1. The Morgan fingerprint density at radius 2 is 1.94 bits per heavy atom. The SMILES string of the molecule is CC(C)(C)Oc1ccc([C@@H]2COC(=O)N2)cc1. The number of hydrogen-bond acceptors (Lipinski definition) is 3. The Kier molecular flexibility index (Phi) is 2.96. The summed E-state index contributed by atoms with van der Waals surface area (Å²) in [6.45, 7) is 6.40. The van der Waals surface area contributed by atoms with Crippen molar-refractivity contribution in [2.24, 2.45) is 0 Å². The largest absolute Gasteiger partial charge is 0.488 e. The molecule has 1 fully saturated rings. The lowest BCUT2D eigenvalue weighted by Crippen LogP contribution is -2.23. The van der Waals surface area contributed by atoms with Gasteiger partial charge in [-0.25, -0.2) is 4.79 Å². The van der Waals surface area contributed by atoms with E-state index in [9.17, 15) is 4.79 Å². The van der Waals surface area contributed by atoms with Gasteiger partial charge in [-0.15, -0.1) is 0 Å². The Hall–Kier alpha value is -1.71. The van der Waals surface area contributed by atoms with Crippen molar-refractivity contribution < 1.29 is 14.3 Å². The van der Waals surface area contributed by atoms with Crippen molar-refractivity contribution in [3.05, 3.63) is 29.8 Å². The highest BCUT2D eigenvalue weighted by Crippen LogP contribution is 2.23. The van der Waals surface area contributed by atoms with E-state index in [-0.39, 0.29) is 17.7 Å². The first-order valence-electron chi connectivity index (χ1n) is 5.66. The zero-order valence-electron chi connectivity index (χ0n) is 10.3. The first-order valence-corrected chi connectivity index (χ1v) is 5.66. The third kappa shape index (κ3) is 3.12. The second kappa shape index (κ2) is 4.28. The second-order valence-corrected chi connectivity index (χ2v) is 5.08. The number of alkyl carbamates (subject to hydrolysis) is 1. The maximum absolute atomic E-state index is 10.9. The topological polar surface area (TPSA) is 47.6 Å². The second-order valence-electron chi connectivity index (χ2n) is 5.08. The fourth-order valence-corrected chi connectivity index (χ4v) is 1.69. The molecule has 4 heteroatoms. The standard InChI is InChI=1S/C13H17NO3/c1-13(2,3)17-10-6-4-9(5-7-10)11-8-16-12(15)14-11/h4-7,11H,8H2,1-3H3,(H,14,15)/t11-/m0/s1. The zero-order valence-corrected chi connectivity index (χ0v) is 10.3. The molecule has 0 radical (unpaired) electrons. The number of amides is 1. The molecule has 92 valence electrons. The van der Waals surface area contributed by atoms with Crippen LogP contribution in [0.25, 0.3) is 0 Å². The lowest BCUT2D eigenvalue weighted by molar-refractivity contribution is 0.131. The van der Waals surface area contributed by atoms with Gasteiger partial charge in [0.15, 0.2) is 0 Å². The average molecular weight is 235 g/mol. The van der Waals surface area contributed by atoms with Crippen LogP contribution in [-0.4, -0.2) is 18.3 Å². The quantitative estimate of drug-likeness (QED) is 0.857. The van der Waals surface area contributed by atoms with Gasteiger partial charge in [0.05, 0.1) is 6.04 Å². The molecule has 0 spiro atoms. The molecular weight excluding hydrogens is 218 g/mol. The van der Waals surface area contributed by atoms with Crippen LogP contribution in [0.5, 0.6) is 5.75 Å². The van der Waals surface area contributed by atoms with E-state index in [1.54, 1.807) is 0 Å². The van der Waals surface area contributed by atoms with E-state index in [0.717, 1.165) is 11.3 Å². The number of benzene rings is 1. The van der Waals surface area contributed by atoms with Crippen molar-refractivity contribution in [2.45, 2.75) is 32.4 Å². The van der Waals surface area contributed by atoms with Gasteiger partial charge in [-0.2, -0.15) is 0 Å². The first-order chi connectivity index (χ1) is 7.94. The maximum atomic E-state index is 10.9. The van der Waals surface area contributed by atoms with Crippen molar-refractivity contribution in [1.29, 1.82) is 0 Å². The predicted molar refractivity (Wildman–Crippen MR) is 64.0 cm³/mol. The van der Waals surface area contributed by atoms with Crippen LogP contribution in [0, 0.1) is 0 Å². The Balaban J connectivity index is 2.05. The predicted octanol–water partition coefficient (Wildman–Crippen LogP) is 2.64. The molecule has 0 bridgehead atoms. The highest BCUT2D eigenvalue weighted by molar-refractivity contribution is 5.70. The van der Waals surface area contributed by atoms with Crippen LogP contribution < -0.4 is 10.1 Å². The Bertz CT molecular complexity index is 406. The van der Waals surface area contributed by atoms with Crippen LogP contribution in [0.4, 0.5) is 4.79 Å². The maximum Gasteiger partial charge on any atom is 0.407 e. The molecule has 0 saturated carbocycles. The molecule has 2 rings (SSSR count). The highest BCUT2D eigenvalue weighted by atomic mass is 16.6. The smallest absolute Gasteiger partial charge is 0.407 e. The molecule has 0 unspecified atom stereocenters. The number of carbonyl (C=O) groups is 1. The monoisotopic (exact) mass is 235 g/mol. The summed E-state index contributed by atoms with van der Waals surface area (Å²) in [5.41, 5.74) is 0.823. The van der Waals surface area contributed by atoms with E-state index in [4.69, 9.17) is 9.47 Å². The minimum absolute atomic E-state index is 0.0498. The van der Waals surface area contributed by atoms with Gasteiger partial charge < -0.3 is 14.8 Å². The molecule has 0 aliphatic carbocycles. The van der Waals surface area contributed by atoms with Crippen LogP contribution >= 0.6 is 0 Å². The Labute approximate surface area is 101 Å². The van der Waals surface area contributed by atoms with E-state index in [1.165, 1.54) is 0 Å². The van der Waals surface area contributed by atoms with Gasteiger partial charge in [-0.3, -0.25) is 0 Å². The normalized spacial score (nSPS) is 19.7. The summed E-state index contributed by atoms with van der Waals surface area (Å²) in [6.07, 6.45) is -0.356. The van der Waals surface area contributed by atoms with Crippen LogP contribution in [0.2, 0.25) is 0 Å². The summed E-state index contributed by atoms with van der Waals surface area (Å²) in [5, 5.41) is 2.74. The summed E-state index contributed by atoms with van der Waals surface area (Å²) in [4.78, 5) is 10.9. The van der Waals surface area contributed by atoms with Gasteiger partial charge in [-0.1, -0.05) is 12.1 Å². The Morgan fingerprint density at radius 1 is 1.29 bits per heavy atom. The van der Waals surface area contributed by atoms with Crippen molar-refractivity contribution in [2.75, 3.05) is 6.61 Å². The fourth-order valence-electron chi connectivity index (χ4n) is 1.69. The molecule has 1 N–H and O–H groups in total. The molecule has 1 atom stereocenters. The first kappa shape index (κ1) is 11.8. The van der Waals surface area contributed by atoms with Crippen LogP contribution in [0.15, 0.2) is 24.3 Å². The molecule has 1 saturated heterocycles. The van der Waals surface area contributed by atoms with Crippen molar-refractivity contribution >= 4 is 6.09 Å². The van der Waals surface area contributed by atoms with Gasteiger partial charge in [0.1, 0.15) is 18.0 Å². The summed E-state index contributed by atoms with van der Waals surface area (Å²) in [5.74, 6) is 0.825. The van der Waals surface area contributed by atoms with Crippen LogP contribution in [0.1, 0.15) is 32.4 Å². The average Bonchev–Trinajstić information content (AvgIpc) is 2.63. The van der Waals surface area contributed by atoms with E-state index in [0.29, 0.717) is 6.61 Å². The Morgan fingerprint density at radius 3 is 2.41 bits per heavy atom. The third-order valence-corrected chi connectivity index (χ3v) is 2.38. The molecule has 1 aliphatic rings. The van der Waals surface area contributed by atoms with E-state index >= 15 is 0 Å². The lowest BCUT2D eigenvalue weighted by atomic mass is 10.1. The van der Waals surface area contributed by atoms with Crippen LogP contribution in [-0.2, 0) is 4.74 Å². The van der Waals surface area contributed by atoms with Crippen molar-refractivity contribution in [1.82, 2.24) is 5.32 Å². The minimum Gasteiger partial charge on any atom is -0.488 e. The molecule has 4 nitrogen and oxygen atoms in total. The van der Waals surface area contributed by atoms with Crippen LogP contribution in [0.3, 0.4) is 0 Å². The fraction of sp³-hybridized carbons (Fsp3) is 0.462. The van der Waals surface area contributed by atoms with Gasteiger partial charge in [0, 0.05) is 0 Å². The molecular formula is C13H17NO3. The highest BCUT2D eigenvalue weighted by Gasteiger charge is 2.23. The molecule has 1 amide bonds. The number of hydrogen-bond donors (Lipinski definition) is 1. The van der Waals surface area contributed by atoms with Gasteiger partial charge in [-0.05, 0) is 38.5 Å². The summed E-state index contributed by atoms with van der Waals surface area (Å²) < 4.78 is 10.6. The molecule has 1 aromatic rings. The lowest BCUT2D eigenvalue weighted by Gasteiger charge is -2.21. The summed E-state index contributed by atoms with van der Waals surface area (Å²) in [6, 6.07) is 7.66. The molecule has 1 heterocycles. The molecule has 0 aromatic heterocycles. The minimum atomic E-state index is -0.356. The molecule has 1 aromatic carbocycles. The number of cyclic esters (lactones) is 1. The molecule has 17 heavy (non-hydrogen) atoms. The van der Waals surface area contributed by atoms with Gasteiger partial charge in [0.25, 0.3) is 0 Å². The van der Waals surface area contributed by atoms with Gasteiger partial charge >= 0.3 is 6.09 Å². The third-order valence-electron chi connectivity index (χ3n) is 2.38. The number of carbonyl (C=O) groups excluding carboxylic acids is 1. The van der Waals surface area contributed by atoms with E-state index in [2.05, 4.69) is 5.32 Å². The van der Waals surface area contributed by atoms with Gasteiger partial charge in [0.2, 0.25) is 0 Å². The summed E-state index contributed by atoms with van der Waals surface area (Å²) in [7, 11) is 0. The van der Waals surface area contributed by atoms with E-state index < -0.39 is 0 Å². The number of rotatable bonds is 2. The number of ether oxygens (including phenoxy) is 2. The molecule has 1 aliphatic heterocycles. The van der Waals surface area contributed by atoms with E-state index in [1.807, 2.05) is 45.0 Å². The summed E-state index contributed by atoms with van der Waals surface area (Å²) >= 11 is 0.